The maximum absolute atomic E-state index is 6.19. The van der Waals surface area contributed by atoms with Gasteiger partial charge in [-0.05, 0) is 49.2 Å². The number of methoxy groups -OCH3 is 1. The first-order valence-electron chi connectivity index (χ1n) is 7.74. The van der Waals surface area contributed by atoms with Gasteiger partial charge in [-0.15, -0.1) is 0 Å². The second-order valence-corrected chi connectivity index (χ2v) is 6.12. The highest BCUT2D eigenvalue weighted by Gasteiger charge is 2.15. The molecule has 0 atom stereocenters. The van der Waals surface area contributed by atoms with E-state index in [1.807, 2.05) is 24.3 Å². The lowest BCUT2D eigenvalue weighted by atomic mass is 10.2. The van der Waals surface area contributed by atoms with E-state index < -0.39 is 0 Å². The molecule has 0 aliphatic carbocycles. The van der Waals surface area contributed by atoms with Gasteiger partial charge in [0, 0.05) is 24.3 Å². The molecule has 3 aromatic rings. The fourth-order valence-corrected chi connectivity index (χ4v) is 3.27. The van der Waals surface area contributed by atoms with Gasteiger partial charge in [-0.2, -0.15) is 0 Å². The monoisotopic (exact) mass is 328 g/mol. The third-order valence-electron chi connectivity index (χ3n) is 4.24. The van der Waals surface area contributed by atoms with Crippen molar-refractivity contribution in [3.05, 3.63) is 41.4 Å². The van der Waals surface area contributed by atoms with Crippen LogP contribution in [0.2, 0.25) is 5.02 Å². The van der Waals surface area contributed by atoms with Gasteiger partial charge in [-0.1, -0.05) is 11.6 Å². The van der Waals surface area contributed by atoms with Crippen LogP contribution >= 0.6 is 11.6 Å². The Bertz CT molecular complexity index is 853. The van der Waals surface area contributed by atoms with E-state index in [1.54, 1.807) is 7.11 Å². The van der Waals surface area contributed by atoms with Crippen LogP contribution in [0.25, 0.3) is 22.6 Å². The standard InChI is InChI=1S/C18H17ClN2O2/c1-22-16-6-4-12(10-14(16)19)18-20-15-11-13(5-7-17(15)23-18)21-8-2-3-9-21/h4-7,10-11H,2-3,8-9H2,1H3. The molecule has 0 amide bonds. The fourth-order valence-electron chi connectivity index (χ4n) is 3.01. The van der Waals surface area contributed by atoms with Crippen LogP contribution in [0.4, 0.5) is 5.69 Å². The van der Waals surface area contributed by atoms with E-state index in [9.17, 15) is 0 Å². The zero-order valence-corrected chi connectivity index (χ0v) is 13.6. The number of nitrogens with zero attached hydrogens (tertiary/aromatic N) is 2. The Labute approximate surface area is 139 Å². The SMILES string of the molecule is COc1ccc(-c2nc3cc(N4CCCC4)ccc3o2)cc1Cl. The number of rotatable bonds is 3. The van der Waals surface area contributed by atoms with Gasteiger partial charge in [-0.25, -0.2) is 4.98 Å². The molecular weight excluding hydrogens is 312 g/mol. The predicted molar refractivity (Wildman–Crippen MR) is 92.5 cm³/mol. The van der Waals surface area contributed by atoms with Crippen molar-refractivity contribution in [1.82, 2.24) is 4.98 Å². The Morgan fingerprint density at radius 1 is 1.13 bits per heavy atom. The van der Waals surface area contributed by atoms with Gasteiger partial charge in [0.1, 0.15) is 11.3 Å². The van der Waals surface area contributed by atoms with Gasteiger partial charge in [0.15, 0.2) is 5.58 Å². The molecule has 0 radical (unpaired) electrons. The third-order valence-corrected chi connectivity index (χ3v) is 4.54. The molecular formula is C18H17ClN2O2. The molecule has 1 aliphatic rings. The van der Waals surface area contributed by atoms with E-state index in [2.05, 4.69) is 22.0 Å². The summed E-state index contributed by atoms with van der Waals surface area (Å²) in [5, 5.41) is 0.546. The Balaban J connectivity index is 1.72. The van der Waals surface area contributed by atoms with E-state index in [4.69, 9.17) is 20.8 Å². The van der Waals surface area contributed by atoms with Gasteiger partial charge < -0.3 is 14.1 Å². The van der Waals surface area contributed by atoms with Crippen LogP contribution in [0.3, 0.4) is 0 Å². The molecule has 1 aromatic heterocycles. The lowest BCUT2D eigenvalue weighted by Gasteiger charge is -2.16. The molecule has 23 heavy (non-hydrogen) atoms. The lowest BCUT2D eigenvalue weighted by Crippen LogP contribution is -2.17. The quantitative estimate of drug-likeness (QED) is 0.695. The lowest BCUT2D eigenvalue weighted by molar-refractivity contribution is 0.415. The summed E-state index contributed by atoms with van der Waals surface area (Å²) in [6.45, 7) is 2.23. The van der Waals surface area contributed by atoms with Gasteiger partial charge in [0.05, 0.1) is 12.1 Å². The highest BCUT2D eigenvalue weighted by atomic mass is 35.5. The summed E-state index contributed by atoms with van der Waals surface area (Å²) >= 11 is 6.19. The smallest absolute Gasteiger partial charge is 0.227 e. The third kappa shape index (κ3) is 2.63. The number of anilines is 1. The number of fused-ring (bicyclic) bond motifs is 1. The van der Waals surface area contributed by atoms with E-state index in [-0.39, 0.29) is 0 Å². The number of oxazole rings is 1. The zero-order chi connectivity index (χ0) is 15.8. The molecule has 0 N–H and O–H groups in total. The summed E-state index contributed by atoms with van der Waals surface area (Å²) in [6, 6.07) is 11.7. The molecule has 0 saturated carbocycles. The van der Waals surface area contributed by atoms with Crippen LogP contribution in [0.15, 0.2) is 40.8 Å². The minimum atomic E-state index is 0.546. The average molecular weight is 329 g/mol. The van der Waals surface area contributed by atoms with Crippen molar-refractivity contribution in [3.8, 4) is 17.2 Å². The Hall–Kier alpha value is -2.20. The molecule has 118 valence electrons. The number of benzene rings is 2. The maximum Gasteiger partial charge on any atom is 0.227 e. The summed E-state index contributed by atoms with van der Waals surface area (Å²) in [7, 11) is 1.60. The van der Waals surface area contributed by atoms with Crippen molar-refractivity contribution < 1.29 is 9.15 Å². The summed E-state index contributed by atoms with van der Waals surface area (Å²) in [5.74, 6) is 1.21. The van der Waals surface area contributed by atoms with Crippen molar-refractivity contribution in [2.24, 2.45) is 0 Å². The Morgan fingerprint density at radius 3 is 2.70 bits per heavy atom. The molecule has 0 bridgehead atoms. The molecule has 1 saturated heterocycles. The van der Waals surface area contributed by atoms with Gasteiger partial charge in [0.25, 0.3) is 0 Å². The van der Waals surface area contributed by atoms with Crippen LogP contribution in [0.5, 0.6) is 5.75 Å². The van der Waals surface area contributed by atoms with Crippen molar-refractivity contribution in [2.75, 3.05) is 25.1 Å². The van der Waals surface area contributed by atoms with Crippen molar-refractivity contribution >= 4 is 28.4 Å². The molecule has 0 unspecified atom stereocenters. The molecule has 1 fully saturated rings. The molecule has 5 heteroatoms. The normalized spacial score (nSPS) is 14.6. The van der Waals surface area contributed by atoms with Crippen molar-refractivity contribution in [1.29, 1.82) is 0 Å². The highest BCUT2D eigenvalue weighted by molar-refractivity contribution is 6.32. The molecule has 1 aliphatic heterocycles. The highest BCUT2D eigenvalue weighted by Crippen LogP contribution is 2.32. The number of ether oxygens (including phenoxy) is 1. The predicted octanol–water partition coefficient (Wildman–Crippen LogP) is 4.76. The number of aromatic nitrogens is 1. The number of hydrogen-bond acceptors (Lipinski definition) is 4. The van der Waals surface area contributed by atoms with Crippen molar-refractivity contribution in [3.63, 3.8) is 0 Å². The first-order chi connectivity index (χ1) is 11.2. The summed E-state index contributed by atoms with van der Waals surface area (Å²) in [5.41, 5.74) is 3.71. The van der Waals surface area contributed by atoms with Crippen LogP contribution in [-0.4, -0.2) is 25.2 Å². The van der Waals surface area contributed by atoms with Crippen molar-refractivity contribution in [2.45, 2.75) is 12.8 Å². The molecule has 4 rings (SSSR count). The maximum atomic E-state index is 6.19. The first kappa shape index (κ1) is 14.4. The number of hydrogen-bond donors (Lipinski definition) is 0. The second-order valence-electron chi connectivity index (χ2n) is 5.71. The summed E-state index contributed by atoms with van der Waals surface area (Å²) in [4.78, 5) is 7.01. The van der Waals surface area contributed by atoms with E-state index in [0.717, 1.165) is 29.8 Å². The first-order valence-corrected chi connectivity index (χ1v) is 8.12. The van der Waals surface area contributed by atoms with Crippen LogP contribution < -0.4 is 9.64 Å². The van der Waals surface area contributed by atoms with E-state index >= 15 is 0 Å². The minimum Gasteiger partial charge on any atom is -0.495 e. The van der Waals surface area contributed by atoms with E-state index in [1.165, 1.54) is 18.5 Å². The van der Waals surface area contributed by atoms with Crippen LogP contribution in [-0.2, 0) is 0 Å². The van der Waals surface area contributed by atoms with Gasteiger partial charge in [0.2, 0.25) is 5.89 Å². The second kappa shape index (κ2) is 5.78. The van der Waals surface area contributed by atoms with Gasteiger partial charge in [-0.3, -0.25) is 0 Å². The molecule has 2 heterocycles. The largest absolute Gasteiger partial charge is 0.495 e. The summed E-state index contributed by atoms with van der Waals surface area (Å²) in [6.07, 6.45) is 2.51. The Kier molecular flexibility index (Phi) is 3.62. The van der Waals surface area contributed by atoms with Gasteiger partial charge >= 0.3 is 0 Å². The number of halogens is 1. The van der Waals surface area contributed by atoms with E-state index in [0.29, 0.717) is 16.7 Å². The Morgan fingerprint density at radius 2 is 1.96 bits per heavy atom. The van der Waals surface area contributed by atoms with Crippen LogP contribution in [0.1, 0.15) is 12.8 Å². The minimum absolute atomic E-state index is 0.546. The topological polar surface area (TPSA) is 38.5 Å². The summed E-state index contributed by atoms with van der Waals surface area (Å²) < 4.78 is 11.1. The van der Waals surface area contributed by atoms with Crippen LogP contribution in [0, 0.1) is 0 Å². The average Bonchev–Trinajstić information content (AvgIpc) is 3.23. The molecule has 0 spiro atoms. The zero-order valence-electron chi connectivity index (χ0n) is 12.9. The fraction of sp³-hybridized carbons (Fsp3) is 0.278. The molecule has 2 aromatic carbocycles. The molecule has 4 nitrogen and oxygen atoms in total.